The zero-order valence-electron chi connectivity index (χ0n) is 10.5. The average molecular weight is 294 g/mol. The second-order valence-electron chi connectivity index (χ2n) is 4.33. The lowest BCUT2D eigenvalue weighted by Crippen LogP contribution is -2.50. The van der Waals surface area contributed by atoms with Crippen molar-refractivity contribution in [1.82, 2.24) is 5.32 Å². The highest BCUT2D eigenvalue weighted by molar-refractivity contribution is 9.10. The van der Waals surface area contributed by atoms with Crippen molar-refractivity contribution < 1.29 is 14.3 Å². The van der Waals surface area contributed by atoms with E-state index in [0.29, 0.717) is 0 Å². The second-order valence-corrected chi connectivity index (χ2v) is 6.31. The second kappa shape index (κ2) is 6.23. The predicted octanol–water partition coefficient (Wildman–Crippen LogP) is 1.86. The molecule has 0 radical (unpaired) electrons. The number of alkyl halides is 1. The minimum atomic E-state index is -0.688. The number of amides is 1. The lowest BCUT2D eigenvalue weighted by Gasteiger charge is -2.25. The van der Waals surface area contributed by atoms with Crippen LogP contribution in [0, 0.1) is 5.92 Å². The van der Waals surface area contributed by atoms with Crippen molar-refractivity contribution in [3.63, 3.8) is 0 Å². The molecule has 0 aliphatic carbocycles. The lowest BCUT2D eigenvalue weighted by atomic mass is 9.98. The van der Waals surface area contributed by atoms with Crippen LogP contribution in [0.4, 0.5) is 0 Å². The Morgan fingerprint density at radius 3 is 2.25 bits per heavy atom. The number of carbonyl (C=O) groups excluding carboxylic acids is 2. The minimum absolute atomic E-state index is 0.0475. The molecule has 0 aliphatic heterocycles. The number of ether oxygens (including phenoxy) is 1. The Bertz CT molecular complexity index is 260. The number of carbonyl (C=O) groups is 2. The van der Waals surface area contributed by atoms with Gasteiger partial charge in [-0.2, -0.15) is 0 Å². The number of hydrogen-bond donors (Lipinski definition) is 1. The Hall–Kier alpha value is -0.580. The molecular weight excluding hydrogens is 274 g/mol. The third-order valence-electron chi connectivity index (χ3n) is 2.49. The summed E-state index contributed by atoms with van der Waals surface area (Å²) in [5, 5.41) is 2.70. The largest absolute Gasteiger partial charge is 0.467 e. The van der Waals surface area contributed by atoms with E-state index in [4.69, 9.17) is 0 Å². The number of nitrogens with one attached hydrogen (secondary N) is 1. The molecule has 0 aromatic heterocycles. The first-order chi connectivity index (χ1) is 7.23. The number of hydrogen-bond acceptors (Lipinski definition) is 3. The monoisotopic (exact) mass is 293 g/mol. The van der Waals surface area contributed by atoms with E-state index in [-0.39, 0.29) is 11.8 Å². The van der Waals surface area contributed by atoms with Crippen molar-refractivity contribution in [2.45, 2.75) is 44.5 Å². The van der Waals surface area contributed by atoms with Gasteiger partial charge in [-0.25, -0.2) is 4.79 Å². The molecule has 16 heavy (non-hydrogen) atoms. The molecule has 2 atom stereocenters. The molecule has 5 heteroatoms. The van der Waals surface area contributed by atoms with Crippen molar-refractivity contribution >= 4 is 27.8 Å². The maximum atomic E-state index is 11.7. The van der Waals surface area contributed by atoms with E-state index in [0.717, 1.165) is 6.42 Å². The molecule has 4 nitrogen and oxygen atoms in total. The molecule has 0 heterocycles. The fourth-order valence-corrected chi connectivity index (χ4v) is 1.22. The van der Waals surface area contributed by atoms with Crippen molar-refractivity contribution in [1.29, 1.82) is 0 Å². The van der Waals surface area contributed by atoms with Gasteiger partial charge in [-0.05, 0) is 19.8 Å². The number of esters is 1. The van der Waals surface area contributed by atoms with E-state index in [1.54, 1.807) is 13.8 Å². The normalized spacial score (nSPS) is 15.1. The molecule has 2 unspecified atom stereocenters. The third-order valence-corrected chi connectivity index (χ3v) is 2.85. The SMILES string of the molecule is CCC(C)C(NC(=O)C(C)(C)Br)C(=O)OC. The zero-order valence-corrected chi connectivity index (χ0v) is 12.1. The number of halogens is 1. The topological polar surface area (TPSA) is 55.4 Å². The van der Waals surface area contributed by atoms with Crippen LogP contribution < -0.4 is 5.32 Å². The fourth-order valence-electron chi connectivity index (χ4n) is 1.11. The van der Waals surface area contributed by atoms with Crippen LogP contribution >= 0.6 is 15.9 Å². The summed E-state index contributed by atoms with van der Waals surface area (Å²) in [6, 6.07) is -0.584. The molecule has 0 rings (SSSR count). The molecule has 0 spiro atoms. The van der Waals surface area contributed by atoms with Crippen molar-refractivity contribution in [3.8, 4) is 0 Å². The van der Waals surface area contributed by atoms with Crippen LogP contribution in [0.25, 0.3) is 0 Å². The molecule has 1 amide bonds. The van der Waals surface area contributed by atoms with Crippen LogP contribution in [0.3, 0.4) is 0 Å². The first-order valence-corrected chi connectivity index (χ1v) is 6.11. The molecule has 0 fully saturated rings. The summed E-state index contributed by atoms with van der Waals surface area (Å²) in [6.45, 7) is 7.33. The maximum Gasteiger partial charge on any atom is 0.328 e. The van der Waals surface area contributed by atoms with Gasteiger partial charge >= 0.3 is 5.97 Å². The summed E-state index contributed by atoms with van der Waals surface area (Å²) in [7, 11) is 1.32. The highest BCUT2D eigenvalue weighted by Gasteiger charge is 2.31. The maximum absolute atomic E-state index is 11.7. The van der Waals surface area contributed by atoms with Gasteiger partial charge in [-0.1, -0.05) is 36.2 Å². The Morgan fingerprint density at radius 1 is 1.44 bits per heavy atom. The summed E-state index contributed by atoms with van der Waals surface area (Å²) in [4.78, 5) is 23.3. The summed E-state index contributed by atoms with van der Waals surface area (Å²) in [5.41, 5.74) is 0. The Labute approximate surface area is 105 Å². The van der Waals surface area contributed by atoms with E-state index in [1.165, 1.54) is 7.11 Å². The van der Waals surface area contributed by atoms with Gasteiger partial charge in [0.1, 0.15) is 6.04 Å². The summed E-state index contributed by atoms with van der Waals surface area (Å²) in [6.07, 6.45) is 0.794. The third kappa shape index (κ3) is 4.51. The summed E-state index contributed by atoms with van der Waals surface area (Å²) < 4.78 is 3.99. The zero-order chi connectivity index (χ0) is 12.9. The summed E-state index contributed by atoms with van der Waals surface area (Å²) in [5.74, 6) is -0.575. The van der Waals surface area contributed by atoms with E-state index < -0.39 is 16.3 Å². The molecule has 0 bridgehead atoms. The smallest absolute Gasteiger partial charge is 0.328 e. The van der Waals surface area contributed by atoms with Crippen LogP contribution in [0.5, 0.6) is 0 Å². The first kappa shape index (κ1) is 15.4. The van der Waals surface area contributed by atoms with Crippen LogP contribution in [-0.4, -0.2) is 29.4 Å². The van der Waals surface area contributed by atoms with E-state index >= 15 is 0 Å². The van der Waals surface area contributed by atoms with E-state index in [9.17, 15) is 9.59 Å². The van der Waals surface area contributed by atoms with Crippen LogP contribution in [-0.2, 0) is 14.3 Å². The van der Waals surface area contributed by atoms with Gasteiger partial charge in [0.25, 0.3) is 0 Å². The van der Waals surface area contributed by atoms with Crippen molar-refractivity contribution in [2.75, 3.05) is 7.11 Å². The fraction of sp³-hybridized carbons (Fsp3) is 0.818. The molecule has 0 aliphatic rings. The predicted molar refractivity (Wildman–Crippen MR) is 66.4 cm³/mol. The van der Waals surface area contributed by atoms with E-state index in [2.05, 4.69) is 26.0 Å². The summed E-state index contributed by atoms with van der Waals surface area (Å²) >= 11 is 3.25. The quantitative estimate of drug-likeness (QED) is 0.622. The van der Waals surface area contributed by atoms with Crippen LogP contribution in [0.15, 0.2) is 0 Å². The van der Waals surface area contributed by atoms with Crippen LogP contribution in [0.1, 0.15) is 34.1 Å². The van der Waals surface area contributed by atoms with Crippen LogP contribution in [0.2, 0.25) is 0 Å². The van der Waals surface area contributed by atoms with E-state index in [1.807, 2.05) is 13.8 Å². The van der Waals surface area contributed by atoms with Gasteiger partial charge in [0, 0.05) is 0 Å². The first-order valence-electron chi connectivity index (χ1n) is 5.31. The van der Waals surface area contributed by atoms with Crippen molar-refractivity contribution in [2.24, 2.45) is 5.92 Å². The standard InChI is InChI=1S/C11H20BrNO3/c1-6-7(2)8(9(14)16-5)13-10(15)11(3,4)12/h7-8H,6H2,1-5H3,(H,13,15). The van der Waals surface area contributed by atoms with Gasteiger partial charge in [0.15, 0.2) is 0 Å². The lowest BCUT2D eigenvalue weighted by molar-refractivity contribution is -0.146. The van der Waals surface area contributed by atoms with Gasteiger partial charge in [-0.3, -0.25) is 4.79 Å². The minimum Gasteiger partial charge on any atom is -0.467 e. The molecule has 0 aromatic rings. The Morgan fingerprint density at radius 2 is 1.94 bits per heavy atom. The molecule has 0 saturated heterocycles. The highest BCUT2D eigenvalue weighted by Crippen LogP contribution is 2.17. The number of methoxy groups -OCH3 is 1. The van der Waals surface area contributed by atoms with Gasteiger partial charge in [-0.15, -0.1) is 0 Å². The highest BCUT2D eigenvalue weighted by atomic mass is 79.9. The molecular formula is C11H20BrNO3. The van der Waals surface area contributed by atoms with Gasteiger partial charge in [0.05, 0.1) is 11.4 Å². The molecule has 1 N–H and O–H groups in total. The molecule has 0 aromatic carbocycles. The van der Waals surface area contributed by atoms with Gasteiger partial charge in [0.2, 0.25) is 5.91 Å². The number of rotatable bonds is 5. The Balaban J connectivity index is 4.69. The molecule has 0 saturated carbocycles. The van der Waals surface area contributed by atoms with Gasteiger partial charge < -0.3 is 10.1 Å². The van der Waals surface area contributed by atoms with Crippen molar-refractivity contribution in [3.05, 3.63) is 0 Å². The molecule has 94 valence electrons. The Kier molecular flexibility index (Phi) is 6.00. The average Bonchev–Trinajstić information content (AvgIpc) is 2.21.